The second-order valence-electron chi connectivity index (χ2n) is 2.14. The second kappa shape index (κ2) is 5.02. The summed E-state index contributed by atoms with van der Waals surface area (Å²) >= 11 is 0. The lowest BCUT2D eigenvalue weighted by Crippen LogP contribution is -3.00. The van der Waals surface area contributed by atoms with Gasteiger partial charge in [0.1, 0.15) is 11.8 Å². The van der Waals surface area contributed by atoms with Gasteiger partial charge in [0.25, 0.3) is 6.33 Å². The molecule has 0 aromatic carbocycles. The van der Waals surface area contributed by atoms with E-state index in [1.807, 2.05) is 0 Å². The van der Waals surface area contributed by atoms with Crippen LogP contribution in [0.3, 0.4) is 0 Å². The monoisotopic (exact) mass is 280 g/mol. The van der Waals surface area contributed by atoms with Gasteiger partial charge in [0.05, 0.1) is 14.2 Å². The van der Waals surface area contributed by atoms with E-state index in [9.17, 15) is 4.79 Å². The molecule has 0 N–H and O–H groups in total. The summed E-state index contributed by atoms with van der Waals surface area (Å²) in [6.45, 7) is 0. The van der Waals surface area contributed by atoms with Crippen LogP contribution in [0.4, 0.5) is 0 Å². The van der Waals surface area contributed by atoms with Gasteiger partial charge in [-0.25, -0.2) is 9.36 Å². The van der Waals surface area contributed by atoms with Crippen LogP contribution < -0.4 is 28.5 Å². The summed E-state index contributed by atoms with van der Waals surface area (Å²) in [5.41, 5.74) is 0.456. The topological polar surface area (TPSA) is 43.1 Å². The molecule has 0 saturated heterocycles. The van der Waals surface area contributed by atoms with E-state index in [2.05, 4.69) is 9.72 Å². The van der Waals surface area contributed by atoms with Crippen LogP contribution in [-0.2, 0) is 11.8 Å². The first-order valence-corrected chi connectivity index (χ1v) is 3.12. The highest BCUT2D eigenvalue weighted by molar-refractivity contribution is 5.88. The lowest BCUT2D eigenvalue weighted by atomic mass is 10.3. The molecule has 0 atom stereocenters. The number of methoxy groups -OCH3 is 1. The zero-order chi connectivity index (χ0) is 8.27. The third-order valence-corrected chi connectivity index (χ3v) is 1.23. The van der Waals surface area contributed by atoms with Crippen LogP contribution in [-0.4, -0.2) is 18.1 Å². The minimum absolute atomic E-state index is 0. The Hall–Kier alpha value is -0.720. The molecule has 5 heteroatoms. The van der Waals surface area contributed by atoms with E-state index >= 15 is 0 Å². The molecule has 0 aliphatic rings. The first-order chi connectivity index (χ1) is 5.24. The number of halogens is 1. The number of ether oxygens (including phenoxy) is 1. The molecule has 4 nitrogen and oxygen atoms in total. The van der Waals surface area contributed by atoms with Crippen molar-refractivity contribution in [3.8, 4) is 0 Å². The van der Waals surface area contributed by atoms with Gasteiger partial charge in [0, 0.05) is 0 Å². The van der Waals surface area contributed by atoms with Crippen molar-refractivity contribution < 1.29 is 38.1 Å². The fourth-order valence-corrected chi connectivity index (χ4v) is 0.728. The van der Waals surface area contributed by atoms with Crippen molar-refractivity contribution in [2.24, 2.45) is 7.05 Å². The molecule has 0 fully saturated rings. The van der Waals surface area contributed by atoms with Crippen LogP contribution in [0.25, 0.3) is 0 Å². The number of rotatable bonds is 1. The largest absolute Gasteiger partial charge is 1.00 e. The fraction of sp³-hybridized carbons (Fsp3) is 0.286. The van der Waals surface area contributed by atoms with Gasteiger partial charge in [-0.1, -0.05) is 4.98 Å². The maximum Gasteiger partial charge on any atom is 0.345 e. The molecule has 0 aliphatic heterocycles. The van der Waals surface area contributed by atoms with E-state index in [-0.39, 0.29) is 29.9 Å². The van der Waals surface area contributed by atoms with Crippen molar-refractivity contribution in [2.45, 2.75) is 0 Å². The highest BCUT2D eigenvalue weighted by Crippen LogP contribution is 1.92. The van der Waals surface area contributed by atoms with Crippen molar-refractivity contribution in [3.05, 3.63) is 24.3 Å². The van der Waals surface area contributed by atoms with E-state index in [4.69, 9.17) is 0 Å². The molecule has 1 aromatic rings. The van der Waals surface area contributed by atoms with Crippen molar-refractivity contribution in [1.29, 1.82) is 0 Å². The summed E-state index contributed by atoms with van der Waals surface area (Å²) < 4.78 is 6.19. The number of aromatic nitrogens is 2. The quantitative estimate of drug-likeness (QED) is 0.307. The van der Waals surface area contributed by atoms with Crippen molar-refractivity contribution >= 4 is 5.97 Å². The summed E-state index contributed by atoms with van der Waals surface area (Å²) in [4.78, 5) is 14.7. The molecular formula is C7H9IN2O2. The van der Waals surface area contributed by atoms with Crippen LogP contribution in [0.1, 0.15) is 10.4 Å². The molecular weight excluding hydrogens is 271 g/mol. The van der Waals surface area contributed by atoms with E-state index in [1.165, 1.54) is 13.3 Å². The molecule has 66 valence electrons. The lowest BCUT2D eigenvalue weighted by Gasteiger charge is -1.94. The molecule has 0 amide bonds. The van der Waals surface area contributed by atoms with Crippen molar-refractivity contribution in [3.63, 3.8) is 0 Å². The number of hydrogen-bond acceptors (Lipinski definition) is 3. The molecule has 1 heterocycles. The predicted octanol–water partition coefficient (Wildman–Crippen LogP) is -3.30. The molecule has 0 spiro atoms. The summed E-state index contributed by atoms with van der Waals surface area (Å²) in [6, 6.07) is 0. The Morgan fingerprint density at radius 3 is 2.83 bits per heavy atom. The number of aryl methyl sites for hydroxylation is 1. The lowest BCUT2D eigenvalue weighted by molar-refractivity contribution is -0.674. The SMILES string of the molecule is COC(=O)c1cnc[n+](C)c1.[I-]. The van der Waals surface area contributed by atoms with Gasteiger partial charge in [-0.15, -0.1) is 0 Å². The Balaban J connectivity index is 0.00000121. The number of esters is 1. The van der Waals surface area contributed by atoms with Crippen molar-refractivity contribution in [1.82, 2.24) is 4.98 Å². The first-order valence-electron chi connectivity index (χ1n) is 3.12. The van der Waals surface area contributed by atoms with Crippen LogP contribution >= 0.6 is 0 Å². The standard InChI is InChI=1S/C7H9N2O2.HI/c1-9-4-6(3-8-5-9)7(10)11-2;/h3-5H,1-2H3;1H/q+1;/p-1. The number of carbonyl (C=O) groups is 1. The number of nitrogens with zero attached hydrogens (tertiary/aromatic N) is 2. The minimum atomic E-state index is -0.367. The van der Waals surface area contributed by atoms with Crippen LogP contribution in [0.2, 0.25) is 0 Å². The van der Waals surface area contributed by atoms with E-state index in [1.54, 1.807) is 24.1 Å². The van der Waals surface area contributed by atoms with E-state index in [0.29, 0.717) is 5.56 Å². The van der Waals surface area contributed by atoms with Crippen LogP contribution in [0.15, 0.2) is 18.7 Å². The average molecular weight is 280 g/mol. The van der Waals surface area contributed by atoms with Gasteiger partial charge in [-0.3, -0.25) is 0 Å². The Morgan fingerprint density at radius 1 is 1.67 bits per heavy atom. The molecule has 0 radical (unpaired) electrons. The molecule has 0 aliphatic carbocycles. The van der Waals surface area contributed by atoms with Gasteiger partial charge in [0.15, 0.2) is 6.20 Å². The Bertz CT molecular complexity index is 278. The maximum absolute atomic E-state index is 10.9. The smallest absolute Gasteiger partial charge is 0.345 e. The highest BCUT2D eigenvalue weighted by atomic mass is 127. The Labute approximate surface area is 87.6 Å². The minimum Gasteiger partial charge on any atom is -1.00 e. The zero-order valence-electron chi connectivity index (χ0n) is 6.82. The summed E-state index contributed by atoms with van der Waals surface area (Å²) in [6.07, 6.45) is 4.72. The fourth-order valence-electron chi connectivity index (χ4n) is 0.728. The zero-order valence-corrected chi connectivity index (χ0v) is 8.98. The third-order valence-electron chi connectivity index (χ3n) is 1.23. The third kappa shape index (κ3) is 2.72. The molecule has 1 aromatic heterocycles. The van der Waals surface area contributed by atoms with Gasteiger partial charge in [-0.05, 0) is 0 Å². The van der Waals surface area contributed by atoms with Gasteiger partial charge < -0.3 is 28.7 Å². The number of hydrogen-bond donors (Lipinski definition) is 0. The summed E-state index contributed by atoms with van der Waals surface area (Å²) in [7, 11) is 3.13. The molecule has 0 saturated carbocycles. The Kier molecular flexibility index (Phi) is 4.72. The summed E-state index contributed by atoms with van der Waals surface area (Å²) in [5.74, 6) is -0.367. The molecule has 1 rings (SSSR count). The molecule has 12 heavy (non-hydrogen) atoms. The molecule has 0 bridgehead atoms. The van der Waals surface area contributed by atoms with Crippen LogP contribution in [0, 0.1) is 0 Å². The van der Waals surface area contributed by atoms with Crippen LogP contribution in [0.5, 0.6) is 0 Å². The second-order valence-corrected chi connectivity index (χ2v) is 2.14. The first kappa shape index (κ1) is 11.3. The van der Waals surface area contributed by atoms with Crippen molar-refractivity contribution in [2.75, 3.05) is 7.11 Å². The van der Waals surface area contributed by atoms with E-state index < -0.39 is 0 Å². The Morgan fingerprint density at radius 2 is 2.33 bits per heavy atom. The normalized spacial score (nSPS) is 8.50. The molecule has 0 unspecified atom stereocenters. The van der Waals surface area contributed by atoms with Gasteiger partial charge >= 0.3 is 5.97 Å². The van der Waals surface area contributed by atoms with Gasteiger partial charge in [0.2, 0.25) is 0 Å². The maximum atomic E-state index is 10.9. The average Bonchev–Trinajstić information content (AvgIpc) is 2.03. The number of carbonyl (C=O) groups excluding carboxylic acids is 1. The van der Waals surface area contributed by atoms with E-state index in [0.717, 1.165) is 0 Å². The van der Waals surface area contributed by atoms with Gasteiger partial charge in [-0.2, -0.15) is 0 Å². The predicted molar refractivity (Wildman–Crippen MR) is 36.8 cm³/mol. The summed E-state index contributed by atoms with van der Waals surface area (Å²) in [5, 5.41) is 0. The highest BCUT2D eigenvalue weighted by Gasteiger charge is 2.08.